The number of amides is 1. The van der Waals surface area contributed by atoms with Crippen LogP contribution in [0.15, 0.2) is 54.6 Å². The van der Waals surface area contributed by atoms with E-state index in [1.807, 2.05) is 42.5 Å². The Kier molecular flexibility index (Phi) is 4.75. The fourth-order valence-electron chi connectivity index (χ4n) is 2.68. The number of aliphatic hydroxyl groups is 1. The molecular formula is C20H19NO2. The number of likely N-dealkylation sites (tertiary alicyclic amines) is 1. The lowest BCUT2D eigenvalue weighted by Gasteiger charge is -2.30. The minimum atomic E-state index is -0.399. The van der Waals surface area contributed by atoms with E-state index in [9.17, 15) is 9.90 Å². The van der Waals surface area contributed by atoms with E-state index in [0.717, 1.165) is 24.0 Å². The van der Waals surface area contributed by atoms with Crippen molar-refractivity contribution in [2.75, 3.05) is 13.1 Å². The first-order valence-electron chi connectivity index (χ1n) is 7.87. The van der Waals surface area contributed by atoms with Gasteiger partial charge in [0.05, 0.1) is 6.10 Å². The van der Waals surface area contributed by atoms with E-state index < -0.39 is 6.10 Å². The molecule has 1 aliphatic rings. The normalized spacial score (nSPS) is 17.3. The Morgan fingerprint density at radius 3 is 2.30 bits per heavy atom. The van der Waals surface area contributed by atoms with Crippen molar-refractivity contribution in [3.05, 3.63) is 71.3 Å². The largest absolute Gasteiger partial charge is 0.391 e. The molecule has 0 radical (unpaired) electrons. The van der Waals surface area contributed by atoms with Crippen LogP contribution in [0, 0.1) is 11.8 Å². The molecule has 0 spiro atoms. The third-order valence-electron chi connectivity index (χ3n) is 3.94. The molecule has 1 fully saturated rings. The number of hydrogen-bond donors (Lipinski definition) is 1. The van der Waals surface area contributed by atoms with Gasteiger partial charge in [0.1, 0.15) is 0 Å². The van der Waals surface area contributed by atoms with Gasteiger partial charge in [-0.25, -0.2) is 0 Å². The van der Waals surface area contributed by atoms with Crippen LogP contribution in [0.2, 0.25) is 0 Å². The molecule has 2 aromatic rings. The second kappa shape index (κ2) is 7.13. The Bertz CT molecular complexity index is 726. The van der Waals surface area contributed by atoms with E-state index in [1.165, 1.54) is 0 Å². The van der Waals surface area contributed by atoms with Gasteiger partial charge >= 0.3 is 0 Å². The molecule has 1 aliphatic heterocycles. The van der Waals surface area contributed by atoms with Crippen molar-refractivity contribution in [1.82, 2.24) is 4.90 Å². The zero-order chi connectivity index (χ0) is 16.1. The molecule has 1 amide bonds. The first kappa shape index (κ1) is 15.3. The van der Waals surface area contributed by atoms with Gasteiger partial charge in [-0.15, -0.1) is 0 Å². The number of β-amino-alcohol motifs (C(OH)–C–C–N with tert-alkyl or cyclic N) is 1. The molecular weight excluding hydrogens is 286 g/mol. The van der Waals surface area contributed by atoms with Gasteiger partial charge in [-0.1, -0.05) is 30.0 Å². The highest BCUT2D eigenvalue weighted by molar-refractivity contribution is 5.94. The fourth-order valence-corrected chi connectivity index (χ4v) is 2.68. The van der Waals surface area contributed by atoms with Gasteiger partial charge in [0, 0.05) is 29.8 Å². The number of carbonyl (C=O) groups is 1. The summed E-state index contributed by atoms with van der Waals surface area (Å²) in [7, 11) is 0. The van der Waals surface area contributed by atoms with Crippen molar-refractivity contribution in [2.45, 2.75) is 18.9 Å². The summed E-state index contributed by atoms with van der Waals surface area (Å²) < 4.78 is 0. The Morgan fingerprint density at radius 2 is 1.65 bits per heavy atom. The third-order valence-corrected chi connectivity index (χ3v) is 3.94. The van der Waals surface area contributed by atoms with Gasteiger partial charge in [0.15, 0.2) is 0 Å². The molecule has 1 N–H and O–H groups in total. The number of nitrogens with zero attached hydrogens (tertiary/aromatic N) is 1. The lowest BCUT2D eigenvalue weighted by atomic mass is 10.1. The van der Waals surface area contributed by atoms with Crippen LogP contribution in [0.3, 0.4) is 0 Å². The average Bonchev–Trinajstić information content (AvgIpc) is 2.61. The van der Waals surface area contributed by atoms with Crippen LogP contribution >= 0.6 is 0 Å². The number of hydrogen-bond acceptors (Lipinski definition) is 2. The van der Waals surface area contributed by atoms with Crippen LogP contribution in [0.5, 0.6) is 0 Å². The zero-order valence-corrected chi connectivity index (χ0v) is 12.9. The van der Waals surface area contributed by atoms with Crippen LogP contribution in [0.1, 0.15) is 34.3 Å². The van der Waals surface area contributed by atoms with Gasteiger partial charge in [0.25, 0.3) is 5.91 Å². The van der Waals surface area contributed by atoms with Crippen molar-refractivity contribution in [1.29, 1.82) is 0 Å². The maximum atomic E-state index is 12.4. The van der Waals surface area contributed by atoms with E-state index in [1.54, 1.807) is 17.0 Å². The number of benzene rings is 2. The third kappa shape index (κ3) is 4.00. The molecule has 1 saturated heterocycles. The summed E-state index contributed by atoms with van der Waals surface area (Å²) in [6.07, 6.45) is 1.23. The van der Waals surface area contributed by atoms with Crippen molar-refractivity contribution < 1.29 is 9.90 Å². The molecule has 1 unspecified atom stereocenters. The van der Waals surface area contributed by atoms with Crippen LogP contribution in [0.4, 0.5) is 0 Å². The molecule has 2 aromatic carbocycles. The van der Waals surface area contributed by atoms with Crippen molar-refractivity contribution >= 4 is 5.91 Å². The predicted molar refractivity (Wildman–Crippen MR) is 90.0 cm³/mol. The van der Waals surface area contributed by atoms with Crippen molar-refractivity contribution in [3.63, 3.8) is 0 Å². The second-order valence-electron chi connectivity index (χ2n) is 5.74. The van der Waals surface area contributed by atoms with Gasteiger partial charge in [0.2, 0.25) is 0 Å². The highest BCUT2D eigenvalue weighted by atomic mass is 16.3. The van der Waals surface area contributed by atoms with Crippen LogP contribution in [-0.4, -0.2) is 35.1 Å². The summed E-state index contributed by atoms with van der Waals surface area (Å²) in [5.41, 5.74) is 2.49. The summed E-state index contributed by atoms with van der Waals surface area (Å²) >= 11 is 0. The molecule has 0 saturated carbocycles. The molecule has 0 aliphatic carbocycles. The molecule has 0 aromatic heterocycles. The van der Waals surface area contributed by atoms with Crippen molar-refractivity contribution in [2.24, 2.45) is 0 Å². The van der Waals surface area contributed by atoms with E-state index in [0.29, 0.717) is 18.7 Å². The number of carbonyl (C=O) groups excluding carboxylic acids is 1. The minimum absolute atomic E-state index is 0.0219. The summed E-state index contributed by atoms with van der Waals surface area (Å²) in [5, 5.41) is 9.69. The lowest BCUT2D eigenvalue weighted by Crippen LogP contribution is -2.42. The van der Waals surface area contributed by atoms with Gasteiger partial charge in [-0.2, -0.15) is 0 Å². The van der Waals surface area contributed by atoms with Crippen LogP contribution in [-0.2, 0) is 0 Å². The smallest absolute Gasteiger partial charge is 0.253 e. The summed E-state index contributed by atoms with van der Waals surface area (Å²) in [4.78, 5) is 14.1. The summed E-state index contributed by atoms with van der Waals surface area (Å²) in [5.74, 6) is 6.18. The number of aliphatic hydroxyl groups excluding tert-OH is 1. The molecule has 116 valence electrons. The maximum Gasteiger partial charge on any atom is 0.253 e. The lowest BCUT2D eigenvalue weighted by molar-refractivity contribution is 0.0474. The first-order valence-corrected chi connectivity index (χ1v) is 7.87. The number of piperidine rings is 1. The maximum absolute atomic E-state index is 12.4. The first-order chi connectivity index (χ1) is 11.2. The summed E-state index contributed by atoms with van der Waals surface area (Å²) in [6, 6.07) is 17.1. The predicted octanol–water partition coefficient (Wildman–Crippen LogP) is 2.68. The van der Waals surface area contributed by atoms with Crippen molar-refractivity contribution in [3.8, 4) is 11.8 Å². The number of rotatable bonds is 1. The van der Waals surface area contributed by atoms with Gasteiger partial charge in [-0.3, -0.25) is 4.79 Å². The van der Waals surface area contributed by atoms with Crippen LogP contribution < -0.4 is 0 Å². The minimum Gasteiger partial charge on any atom is -0.391 e. The Hall–Kier alpha value is -2.57. The molecule has 0 bridgehead atoms. The average molecular weight is 305 g/mol. The van der Waals surface area contributed by atoms with E-state index >= 15 is 0 Å². The highest BCUT2D eigenvalue weighted by Crippen LogP contribution is 2.14. The molecule has 23 heavy (non-hydrogen) atoms. The van der Waals surface area contributed by atoms with E-state index in [2.05, 4.69) is 11.8 Å². The zero-order valence-electron chi connectivity index (χ0n) is 12.9. The molecule has 1 atom stereocenters. The quantitative estimate of drug-likeness (QED) is 0.823. The SMILES string of the molecule is O=C(c1ccc(C#Cc2ccccc2)cc1)N1CCCC(O)C1. The van der Waals surface area contributed by atoms with Gasteiger partial charge in [-0.05, 0) is 49.2 Å². The molecule has 1 heterocycles. The standard InChI is InChI=1S/C20H19NO2/c22-19-7-4-14-21(15-19)20(23)18-12-10-17(11-13-18)9-8-16-5-2-1-3-6-16/h1-3,5-6,10-13,19,22H,4,7,14-15H2. The van der Waals surface area contributed by atoms with Gasteiger partial charge < -0.3 is 10.0 Å². The van der Waals surface area contributed by atoms with Crippen LogP contribution in [0.25, 0.3) is 0 Å². The Balaban J connectivity index is 1.70. The molecule has 3 rings (SSSR count). The Morgan fingerprint density at radius 1 is 1.00 bits per heavy atom. The summed E-state index contributed by atoms with van der Waals surface area (Å²) in [6.45, 7) is 1.14. The fraction of sp³-hybridized carbons (Fsp3) is 0.250. The topological polar surface area (TPSA) is 40.5 Å². The van der Waals surface area contributed by atoms with E-state index in [4.69, 9.17) is 0 Å². The monoisotopic (exact) mass is 305 g/mol. The highest BCUT2D eigenvalue weighted by Gasteiger charge is 2.22. The Labute approximate surface area is 136 Å². The van der Waals surface area contributed by atoms with E-state index in [-0.39, 0.29) is 5.91 Å². The molecule has 3 heteroatoms. The second-order valence-corrected chi connectivity index (χ2v) is 5.74. The molecule has 3 nitrogen and oxygen atoms in total.